The number of thiophene rings is 1. The monoisotopic (exact) mass is 294 g/mol. The van der Waals surface area contributed by atoms with Crippen molar-refractivity contribution in [3.05, 3.63) is 16.0 Å². The van der Waals surface area contributed by atoms with E-state index in [2.05, 4.69) is 5.32 Å². The van der Waals surface area contributed by atoms with Crippen LogP contribution in [0.3, 0.4) is 0 Å². The Hall–Kier alpha value is -1.36. The number of nitrogens with two attached hydrogens (primary N) is 1. The van der Waals surface area contributed by atoms with Gasteiger partial charge in [-0.25, -0.2) is 0 Å². The molecule has 0 saturated heterocycles. The Morgan fingerprint density at radius 1 is 1.35 bits per heavy atom. The normalized spacial score (nSPS) is 15.5. The number of anilines is 1. The molecule has 0 spiro atoms. The molecule has 110 valence electrons. The Kier molecular flexibility index (Phi) is 4.81. The van der Waals surface area contributed by atoms with Gasteiger partial charge in [0.1, 0.15) is 5.00 Å². The molecule has 0 radical (unpaired) electrons. The van der Waals surface area contributed by atoms with Gasteiger partial charge in [0.2, 0.25) is 5.91 Å². The lowest BCUT2D eigenvalue weighted by Gasteiger charge is -2.09. The first-order valence-corrected chi connectivity index (χ1v) is 8.06. The highest BCUT2D eigenvalue weighted by Gasteiger charge is 2.23. The summed E-state index contributed by atoms with van der Waals surface area (Å²) >= 11 is 1.45. The number of carbonyl (C=O) groups is 2. The largest absolute Gasteiger partial charge is 0.365 e. The summed E-state index contributed by atoms with van der Waals surface area (Å²) in [7, 11) is 0. The molecule has 1 aromatic heterocycles. The minimum atomic E-state index is -0.456. The van der Waals surface area contributed by atoms with Gasteiger partial charge in [0.25, 0.3) is 5.91 Å². The van der Waals surface area contributed by atoms with E-state index in [1.54, 1.807) is 0 Å². The zero-order chi connectivity index (χ0) is 14.7. The van der Waals surface area contributed by atoms with Crippen LogP contribution in [0.5, 0.6) is 0 Å². The Bertz CT molecular complexity index is 516. The van der Waals surface area contributed by atoms with Crippen molar-refractivity contribution in [2.45, 2.75) is 52.4 Å². The molecule has 20 heavy (non-hydrogen) atoms. The van der Waals surface area contributed by atoms with Crippen molar-refractivity contribution in [3.8, 4) is 0 Å². The Morgan fingerprint density at radius 3 is 2.55 bits per heavy atom. The first kappa shape index (κ1) is 15.0. The van der Waals surface area contributed by atoms with E-state index in [1.807, 2.05) is 13.8 Å². The summed E-state index contributed by atoms with van der Waals surface area (Å²) in [6.07, 6.45) is 6.03. The quantitative estimate of drug-likeness (QED) is 0.875. The number of rotatable bonds is 5. The van der Waals surface area contributed by atoms with Gasteiger partial charge in [0.05, 0.1) is 5.56 Å². The molecule has 1 fully saturated rings. The van der Waals surface area contributed by atoms with Gasteiger partial charge in [0.15, 0.2) is 0 Å². The third-order valence-corrected chi connectivity index (χ3v) is 5.07. The Morgan fingerprint density at radius 2 is 2.00 bits per heavy atom. The number of primary amides is 1. The fourth-order valence-corrected chi connectivity index (χ4v) is 4.17. The maximum absolute atomic E-state index is 12.1. The molecular weight excluding hydrogens is 272 g/mol. The number of amides is 2. The van der Waals surface area contributed by atoms with E-state index in [0.29, 0.717) is 22.9 Å². The maximum Gasteiger partial charge on any atom is 0.251 e. The van der Waals surface area contributed by atoms with Gasteiger partial charge in [-0.2, -0.15) is 0 Å². The minimum absolute atomic E-state index is 0.00306. The first-order chi connectivity index (χ1) is 9.52. The number of hydrogen-bond acceptors (Lipinski definition) is 3. The molecule has 4 nitrogen and oxygen atoms in total. The molecule has 1 saturated carbocycles. The van der Waals surface area contributed by atoms with Crippen LogP contribution in [0, 0.1) is 12.8 Å². The van der Waals surface area contributed by atoms with Crippen LogP contribution in [0.4, 0.5) is 5.00 Å². The molecule has 1 aliphatic rings. The van der Waals surface area contributed by atoms with Gasteiger partial charge in [-0.05, 0) is 37.7 Å². The first-order valence-electron chi connectivity index (χ1n) is 7.24. The molecule has 0 atom stereocenters. The number of carbonyl (C=O) groups excluding carboxylic acids is 2. The number of hydrogen-bond donors (Lipinski definition) is 2. The molecular formula is C15H22N2O2S. The summed E-state index contributed by atoms with van der Waals surface area (Å²) in [5.74, 6) is 0.0457. The lowest BCUT2D eigenvalue weighted by Crippen LogP contribution is -2.19. The second-order valence-electron chi connectivity index (χ2n) is 5.46. The van der Waals surface area contributed by atoms with E-state index < -0.39 is 5.91 Å². The number of aryl methyl sites for hydroxylation is 1. The maximum atomic E-state index is 12.1. The van der Waals surface area contributed by atoms with Crippen molar-refractivity contribution in [1.29, 1.82) is 0 Å². The SMILES string of the molecule is CCc1c(C)sc(NC(=O)CC2CCCC2)c1C(N)=O. The highest BCUT2D eigenvalue weighted by molar-refractivity contribution is 7.16. The molecule has 1 heterocycles. The van der Waals surface area contributed by atoms with Gasteiger partial charge in [-0.3, -0.25) is 9.59 Å². The second-order valence-corrected chi connectivity index (χ2v) is 6.69. The van der Waals surface area contributed by atoms with Gasteiger partial charge in [-0.1, -0.05) is 19.8 Å². The summed E-state index contributed by atoms with van der Waals surface area (Å²) < 4.78 is 0. The van der Waals surface area contributed by atoms with Crippen LogP contribution in [-0.4, -0.2) is 11.8 Å². The molecule has 0 unspecified atom stereocenters. The molecule has 0 aliphatic heterocycles. The van der Waals surface area contributed by atoms with E-state index >= 15 is 0 Å². The highest BCUT2D eigenvalue weighted by Crippen LogP contribution is 2.34. The second kappa shape index (κ2) is 6.39. The van der Waals surface area contributed by atoms with E-state index in [-0.39, 0.29) is 5.91 Å². The fraction of sp³-hybridized carbons (Fsp3) is 0.600. The zero-order valence-electron chi connectivity index (χ0n) is 12.1. The van der Waals surface area contributed by atoms with Gasteiger partial charge in [0, 0.05) is 11.3 Å². The van der Waals surface area contributed by atoms with Crippen molar-refractivity contribution in [3.63, 3.8) is 0 Å². The average molecular weight is 294 g/mol. The predicted octanol–water partition coefficient (Wildman–Crippen LogP) is 3.24. The van der Waals surface area contributed by atoms with Gasteiger partial charge >= 0.3 is 0 Å². The van der Waals surface area contributed by atoms with E-state index in [0.717, 1.165) is 29.7 Å². The van der Waals surface area contributed by atoms with Crippen molar-refractivity contribution < 1.29 is 9.59 Å². The standard InChI is InChI=1S/C15H22N2O2S/c1-3-11-9(2)20-15(13(11)14(16)19)17-12(18)8-10-6-4-5-7-10/h10H,3-8H2,1-2H3,(H2,16,19)(H,17,18). The van der Waals surface area contributed by atoms with Crippen molar-refractivity contribution >= 4 is 28.2 Å². The summed E-state index contributed by atoms with van der Waals surface area (Å²) in [5, 5.41) is 3.51. The third-order valence-electron chi connectivity index (χ3n) is 4.01. The fourth-order valence-electron chi connectivity index (χ4n) is 3.01. The Balaban J connectivity index is 2.12. The molecule has 3 N–H and O–H groups in total. The number of nitrogens with one attached hydrogen (secondary N) is 1. The van der Waals surface area contributed by atoms with Crippen LogP contribution < -0.4 is 11.1 Å². The summed E-state index contributed by atoms with van der Waals surface area (Å²) in [6, 6.07) is 0. The van der Waals surface area contributed by atoms with Crippen LogP contribution in [0.25, 0.3) is 0 Å². The summed E-state index contributed by atoms with van der Waals surface area (Å²) in [6.45, 7) is 3.95. The van der Waals surface area contributed by atoms with Gasteiger partial charge in [-0.15, -0.1) is 11.3 Å². The molecule has 1 aromatic rings. The zero-order valence-corrected chi connectivity index (χ0v) is 12.9. The van der Waals surface area contributed by atoms with Crippen LogP contribution in [0.15, 0.2) is 0 Å². The molecule has 5 heteroatoms. The molecule has 0 aromatic carbocycles. The van der Waals surface area contributed by atoms with E-state index in [9.17, 15) is 9.59 Å². The molecule has 2 amide bonds. The van der Waals surface area contributed by atoms with E-state index in [4.69, 9.17) is 5.73 Å². The smallest absolute Gasteiger partial charge is 0.251 e. The third kappa shape index (κ3) is 3.20. The highest BCUT2D eigenvalue weighted by atomic mass is 32.1. The predicted molar refractivity (Wildman–Crippen MR) is 82.2 cm³/mol. The lowest BCUT2D eigenvalue weighted by molar-refractivity contribution is -0.117. The van der Waals surface area contributed by atoms with Crippen molar-refractivity contribution in [2.24, 2.45) is 11.7 Å². The van der Waals surface area contributed by atoms with Crippen LogP contribution in [0.1, 0.15) is 59.8 Å². The lowest BCUT2D eigenvalue weighted by atomic mass is 10.0. The topological polar surface area (TPSA) is 72.2 Å². The molecule has 0 bridgehead atoms. The Labute approximate surface area is 123 Å². The van der Waals surface area contributed by atoms with Crippen molar-refractivity contribution in [1.82, 2.24) is 0 Å². The summed E-state index contributed by atoms with van der Waals surface area (Å²) in [5.41, 5.74) is 6.91. The minimum Gasteiger partial charge on any atom is -0.365 e. The van der Waals surface area contributed by atoms with Gasteiger partial charge < -0.3 is 11.1 Å². The van der Waals surface area contributed by atoms with Crippen molar-refractivity contribution in [2.75, 3.05) is 5.32 Å². The van der Waals surface area contributed by atoms with Crippen LogP contribution in [-0.2, 0) is 11.2 Å². The molecule has 1 aliphatic carbocycles. The van der Waals surface area contributed by atoms with E-state index in [1.165, 1.54) is 24.2 Å². The average Bonchev–Trinajstić information content (AvgIpc) is 2.96. The molecule has 2 rings (SSSR count). The van der Waals surface area contributed by atoms with Crippen LogP contribution in [0.2, 0.25) is 0 Å². The van der Waals surface area contributed by atoms with Crippen LogP contribution >= 0.6 is 11.3 Å². The summed E-state index contributed by atoms with van der Waals surface area (Å²) in [4.78, 5) is 24.8.